The van der Waals surface area contributed by atoms with Crippen LogP contribution in [0.2, 0.25) is 0 Å². The van der Waals surface area contributed by atoms with E-state index < -0.39 is 10.0 Å². The summed E-state index contributed by atoms with van der Waals surface area (Å²) in [4.78, 5) is 20.4. The van der Waals surface area contributed by atoms with Crippen molar-refractivity contribution in [2.45, 2.75) is 43.5 Å². The van der Waals surface area contributed by atoms with E-state index in [1.807, 2.05) is 31.2 Å². The van der Waals surface area contributed by atoms with Gasteiger partial charge in [-0.1, -0.05) is 24.3 Å². The SMILES string of the molecule is C[C@H](NC(=O)CCc1ccc(S(=O)(=O)N2CCCC2)cc1)c1nc2ccccc2[nH]1. The molecule has 0 bridgehead atoms. The van der Waals surface area contributed by atoms with E-state index in [1.165, 1.54) is 4.31 Å². The molecule has 2 heterocycles. The van der Waals surface area contributed by atoms with Crippen LogP contribution in [0.25, 0.3) is 11.0 Å². The zero-order valence-corrected chi connectivity index (χ0v) is 17.8. The molecular weight excluding hydrogens is 400 g/mol. The third-order valence-electron chi connectivity index (χ3n) is 5.46. The highest BCUT2D eigenvalue weighted by atomic mass is 32.2. The van der Waals surface area contributed by atoms with Crippen LogP contribution in [0.5, 0.6) is 0 Å². The van der Waals surface area contributed by atoms with Gasteiger partial charge in [0.2, 0.25) is 15.9 Å². The lowest BCUT2D eigenvalue weighted by Crippen LogP contribution is -2.28. The molecule has 1 aliphatic heterocycles. The number of hydrogen-bond acceptors (Lipinski definition) is 4. The minimum atomic E-state index is -3.40. The minimum Gasteiger partial charge on any atom is -0.346 e. The van der Waals surface area contributed by atoms with Gasteiger partial charge in [-0.05, 0) is 56.0 Å². The maximum absolute atomic E-state index is 12.6. The van der Waals surface area contributed by atoms with Gasteiger partial charge in [0.15, 0.2) is 0 Å². The Balaban J connectivity index is 1.32. The Morgan fingerprint density at radius 3 is 2.53 bits per heavy atom. The summed E-state index contributed by atoms with van der Waals surface area (Å²) >= 11 is 0. The number of fused-ring (bicyclic) bond motifs is 1. The number of amides is 1. The smallest absolute Gasteiger partial charge is 0.243 e. The first-order chi connectivity index (χ1) is 14.4. The van der Waals surface area contributed by atoms with Crippen LogP contribution in [0.3, 0.4) is 0 Å². The van der Waals surface area contributed by atoms with Crippen LogP contribution >= 0.6 is 0 Å². The second-order valence-corrected chi connectivity index (χ2v) is 9.62. The predicted molar refractivity (Wildman–Crippen MR) is 115 cm³/mol. The fraction of sp³-hybridized carbons (Fsp3) is 0.364. The number of carbonyl (C=O) groups excluding carboxylic acids is 1. The first kappa shape index (κ1) is 20.6. The molecule has 0 saturated carbocycles. The van der Waals surface area contributed by atoms with Crippen molar-refractivity contribution >= 4 is 27.0 Å². The Hall–Kier alpha value is -2.71. The molecule has 0 radical (unpaired) electrons. The standard InChI is InChI=1S/C22H26N4O3S/c1-16(22-24-19-6-2-3-7-20(19)25-22)23-21(27)13-10-17-8-11-18(12-9-17)30(28,29)26-14-4-5-15-26/h2-3,6-9,11-12,16H,4-5,10,13-15H2,1H3,(H,23,27)(H,24,25)/t16-/m0/s1. The number of hydrogen-bond donors (Lipinski definition) is 2. The number of aryl methyl sites for hydroxylation is 1. The topological polar surface area (TPSA) is 95.2 Å². The van der Waals surface area contributed by atoms with Gasteiger partial charge in [-0.25, -0.2) is 13.4 Å². The maximum atomic E-state index is 12.6. The minimum absolute atomic E-state index is 0.0725. The van der Waals surface area contributed by atoms with E-state index in [9.17, 15) is 13.2 Å². The van der Waals surface area contributed by atoms with Gasteiger partial charge < -0.3 is 10.3 Å². The Kier molecular flexibility index (Phi) is 5.87. The Labute approximate surface area is 176 Å². The van der Waals surface area contributed by atoms with E-state index >= 15 is 0 Å². The summed E-state index contributed by atoms with van der Waals surface area (Å²) in [6.45, 7) is 3.08. The number of nitrogens with zero attached hydrogens (tertiary/aromatic N) is 2. The van der Waals surface area contributed by atoms with Crippen molar-refractivity contribution in [2.24, 2.45) is 0 Å². The molecule has 158 valence electrons. The van der Waals surface area contributed by atoms with Crippen molar-refractivity contribution in [3.05, 3.63) is 59.9 Å². The van der Waals surface area contributed by atoms with Gasteiger partial charge in [-0.15, -0.1) is 0 Å². The van der Waals surface area contributed by atoms with Crippen LogP contribution in [-0.4, -0.2) is 41.7 Å². The van der Waals surface area contributed by atoms with Gasteiger partial charge >= 0.3 is 0 Å². The summed E-state index contributed by atoms with van der Waals surface area (Å²) in [7, 11) is -3.40. The van der Waals surface area contributed by atoms with Gasteiger partial charge in [-0.2, -0.15) is 4.31 Å². The molecule has 1 saturated heterocycles. The zero-order valence-electron chi connectivity index (χ0n) is 17.0. The van der Waals surface area contributed by atoms with Gasteiger partial charge in [0.05, 0.1) is 22.0 Å². The van der Waals surface area contributed by atoms with Crippen molar-refractivity contribution in [2.75, 3.05) is 13.1 Å². The molecule has 1 fully saturated rings. The van der Waals surface area contributed by atoms with E-state index in [0.29, 0.717) is 30.8 Å². The van der Waals surface area contributed by atoms with Crippen LogP contribution in [0.1, 0.15) is 43.6 Å². The number of sulfonamides is 1. The Bertz CT molecular complexity index is 1100. The highest BCUT2D eigenvalue weighted by Gasteiger charge is 2.26. The molecule has 4 rings (SSSR count). The maximum Gasteiger partial charge on any atom is 0.243 e. The number of carbonyl (C=O) groups is 1. The monoisotopic (exact) mass is 426 g/mol. The highest BCUT2D eigenvalue weighted by Crippen LogP contribution is 2.21. The lowest BCUT2D eigenvalue weighted by molar-refractivity contribution is -0.121. The highest BCUT2D eigenvalue weighted by molar-refractivity contribution is 7.89. The summed E-state index contributed by atoms with van der Waals surface area (Å²) in [6, 6.07) is 14.4. The Morgan fingerprint density at radius 2 is 1.83 bits per heavy atom. The molecule has 3 aromatic rings. The average molecular weight is 427 g/mol. The van der Waals surface area contributed by atoms with Crippen LogP contribution < -0.4 is 5.32 Å². The molecule has 0 aliphatic carbocycles. The summed E-state index contributed by atoms with van der Waals surface area (Å²) in [6.07, 6.45) is 2.70. The molecule has 2 N–H and O–H groups in total. The fourth-order valence-electron chi connectivity index (χ4n) is 3.72. The second kappa shape index (κ2) is 8.57. The van der Waals surface area contributed by atoms with E-state index in [1.54, 1.807) is 24.3 Å². The third kappa shape index (κ3) is 4.39. The van der Waals surface area contributed by atoms with E-state index in [0.717, 1.165) is 35.3 Å². The van der Waals surface area contributed by atoms with Crippen molar-refractivity contribution in [3.63, 3.8) is 0 Å². The molecule has 0 spiro atoms. The van der Waals surface area contributed by atoms with Crippen molar-refractivity contribution < 1.29 is 13.2 Å². The molecule has 2 aromatic carbocycles. The number of nitrogens with one attached hydrogen (secondary N) is 2. The largest absolute Gasteiger partial charge is 0.346 e. The number of imidazole rings is 1. The first-order valence-corrected chi connectivity index (χ1v) is 11.7. The first-order valence-electron chi connectivity index (χ1n) is 10.3. The molecule has 8 heteroatoms. The number of para-hydroxylation sites is 2. The molecule has 1 aliphatic rings. The summed E-state index contributed by atoms with van der Waals surface area (Å²) in [5.41, 5.74) is 2.75. The molecule has 1 atom stereocenters. The van der Waals surface area contributed by atoms with Crippen LogP contribution in [0.15, 0.2) is 53.4 Å². The lowest BCUT2D eigenvalue weighted by atomic mass is 10.1. The quantitative estimate of drug-likeness (QED) is 0.607. The number of aromatic nitrogens is 2. The van der Waals surface area contributed by atoms with Gasteiger partial charge in [0.1, 0.15) is 5.82 Å². The number of aromatic amines is 1. The van der Waals surface area contributed by atoms with Gasteiger partial charge in [0.25, 0.3) is 0 Å². The predicted octanol–water partition coefficient (Wildman–Crippen LogP) is 3.16. The molecule has 7 nitrogen and oxygen atoms in total. The normalized spacial score (nSPS) is 16.0. The van der Waals surface area contributed by atoms with E-state index in [4.69, 9.17) is 0 Å². The summed E-state index contributed by atoms with van der Waals surface area (Å²) < 4.78 is 26.7. The summed E-state index contributed by atoms with van der Waals surface area (Å²) in [5, 5.41) is 2.96. The van der Waals surface area contributed by atoms with Crippen molar-refractivity contribution in [1.82, 2.24) is 19.6 Å². The number of H-pyrrole nitrogens is 1. The van der Waals surface area contributed by atoms with Crippen LogP contribution in [0.4, 0.5) is 0 Å². The van der Waals surface area contributed by atoms with Crippen molar-refractivity contribution in [1.29, 1.82) is 0 Å². The van der Waals surface area contributed by atoms with Crippen LogP contribution in [0, 0.1) is 0 Å². The van der Waals surface area contributed by atoms with E-state index in [-0.39, 0.29) is 11.9 Å². The molecule has 1 amide bonds. The molecular formula is C22H26N4O3S. The van der Waals surface area contributed by atoms with Gasteiger partial charge in [0, 0.05) is 19.5 Å². The third-order valence-corrected chi connectivity index (χ3v) is 7.38. The summed E-state index contributed by atoms with van der Waals surface area (Å²) in [5.74, 6) is 0.651. The number of rotatable bonds is 7. The average Bonchev–Trinajstić information content (AvgIpc) is 3.43. The zero-order chi connectivity index (χ0) is 21.1. The Morgan fingerprint density at radius 1 is 1.13 bits per heavy atom. The molecule has 1 aromatic heterocycles. The lowest BCUT2D eigenvalue weighted by Gasteiger charge is -2.15. The molecule has 30 heavy (non-hydrogen) atoms. The van der Waals surface area contributed by atoms with Crippen molar-refractivity contribution in [3.8, 4) is 0 Å². The fourth-order valence-corrected chi connectivity index (χ4v) is 5.24. The number of benzene rings is 2. The van der Waals surface area contributed by atoms with E-state index in [2.05, 4.69) is 15.3 Å². The van der Waals surface area contributed by atoms with Crippen LogP contribution in [-0.2, 0) is 21.2 Å². The van der Waals surface area contributed by atoms with Gasteiger partial charge in [-0.3, -0.25) is 4.79 Å². The molecule has 0 unspecified atom stereocenters. The second-order valence-electron chi connectivity index (χ2n) is 7.68.